The first-order valence-corrected chi connectivity index (χ1v) is 9.39. The lowest BCUT2D eigenvalue weighted by Gasteiger charge is -2.26. The van der Waals surface area contributed by atoms with Gasteiger partial charge in [-0.1, -0.05) is 30.4 Å². The average Bonchev–Trinajstić information content (AvgIpc) is 2.61. The molecule has 1 aliphatic rings. The van der Waals surface area contributed by atoms with E-state index in [0.29, 0.717) is 13.2 Å². The van der Waals surface area contributed by atoms with Crippen molar-refractivity contribution in [2.24, 2.45) is 0 Å². The third kappa shape index (κ3) is 7.58. The minimum Gasteiger partial charge on any atom is -0.443 e. The molecule has 1 atom stereocenters. The molecule has 1 fully saturated rings. The number of benzene rings is 1. The van der Waals surface area contributed by atoms with Crippen LogP contribution in [0.25, 0.3) is 0 Å². The van der Waals surface area contributed by atoms with Crippen LogP contribution in [0.15, 0.2) is 42.5 Å². The molecule has 0 N–H and O–H groups in total. The molecule has 2 rings (SSSR count). The van der Waals surface area contributed by atoms with Crippen molar-refractivity contribution in [2.75, 3.05) is 24.7 Å². The van der Waals surface area contributed by atoms with Gasteiger partial charge in [0.05, 0.1) is 6.61 Å². The maximum atomic E-state index is 12.5. The highest BCUT2D eigenvalue weighted by Crippen LogP contribution is 2.18. The Morgan fingerprint density at radius 3 is 2.65 bits per heavy atom. The van der Waals surface area contributed by atoms with Gasteiger partial charge < -0.3 is 14.2 Å². The van der Waals surface area contributed by atoms with Crippen molar-refractivity contribution in [3.05, 3.63) is 42.5 Å². The summed E-state index contributed by atoms with van der Waals surface area (Å²) in [6.45, 7) is 7.48. The number of hydrogen-bond donors (Lipinski definition) is 0. The molecule has 26 heavy (non-hydrogen) atoms. The van der Waals surface area contributed by atoms with Crippen LogP contribution in [0.2, 0.25) is 0 Å². The summed E-state index contributed by atoms with van der Waals surface area (Å²) in [4.78, 5) is 14.1. The summed E-state index contributed by atoms with van der Waals surface area (Å²) < 4.78 is 16.8. The summed E-state index contributed by atoms with van der Waals surface area (Å²) in [5.41, 5.74) is 0.292. The van der Waals surface area contributed by atoms with Crippen LogP contribution >= 0.6 is 0 Å². The van der Waals surface area contributed by atoms with E-state index >= 15 is 0 Å². The lowest BCUT2D eigenvalue weighted by Crippen LogP contribution is -2.37. The van der Waals surface area contributed by atoms with Crippen molar-refractivity contribution in [2.45, 2.75) is 58.3 Å². The van der Waals surface area contributed by atoms with Crippen molar-refractivity contribution in [3.63, 3.8) is 0 Å². The third-order valence-corrected chi connectivity index (χ3v) is 3.86. The van der Waals surface area contributed by atoms with E-state index in [1.807, 2.05) is 63.3 Å². The number of ether oxygens (including phenoxy) is 3. The van der Waals surface area contributed by atoms with E-state index in [0.717, 1.165) is 31.6 Å². The van der Waals surface area contributed by atoms with E-state index in [4.69, 9.17) is 14.2 Å². The predicted octanol–water partition coefficient (Wildman–Crippen LogP) is 4.92. The van der Waals surface area contributed by atoms with E-state index in [1.165, 1.54) is 6.42 Å². The highest BCUT2D eigenvalue weighted by Gasteiger charge is 2.22. The van der Waals surface area contributed by atoms with Gasteiger partial charge in [-0.3, -0.25) is 4.90 Å². The smallest absolute Gasteiger partial charge is 0.415 e. The maximum Gasteiger partial charge on any atom is 0.415 e. The highest BCUT2D eigenvalue weighted by molar-refractivity contribution is 5.88. The fourth-order valence-corrected chi connectivity index (χ4v) is 2.62. The van der Waals surface area contributed by atoms with Crippen LogP contribution in [-0.2, 0) is 14.2 Å². The van der Waals surface area contributed by atoms with Gasteiger partial charge in [0.25, 0.3) is 0 Å². The third-order valence-electron chi connectivity index (χ3n) is 3.86. The lowest BCUT2D eigenvalue weighted by atomic mass is 10.2. The Bertz CT molecular complexity index is 559. The van der Waals surface area contributed by atoms with E-state index < -0.39 is 5.60 Å². The molecular formula is C21H31NO4. The van der Waals surface area contributed by atoms with Crippen LogP contribution < -0.4 is 4.90 Å². The van der Waals surface area contributed by atoms with Crippen LogP contribution in [0, 0.1) is 0 Å². The lowest BCUT2D eigenvalue weighted by molar-refractivity contribution is -0.161. The molecule has 0 aliphatic carbocycles. The molecule has 1 saturated heterocycles. The van der Waals surface area contributed by atoms with Gasteiger partial charge in [0.2, 0.25) is 0 Å². The zero-order chi connectivity index (χ0) is 18.8. The molecule has 0 aromatic heterocycles. The van der Waals surface area contributed by atoms with Crippen molar-refractivity contribution < 1.29 is 19.0 Å². The first-order chi connectivity index (χ1) is 12.5. The standard InChI is InChI=1S/C21H31NO4/c1-21(2,3)26-20(23)22(18-12-6-4-7-13-18)15-9-5-10-16-24-19-14-8-11-17-25-19/h4-7,9,12-13,19H,8,10-11,14-17H2,1-3H3/b9-5+. The van der Waals surface area contributed by atoms with Crippen molar-refractivity contribution in [1.29, 1.82) is 0 Å². The Hall–Kier alpha value is -1.85. The van der Waals surface area contributed by atoms with Crippen molar-refractivity contribution in [1.82, 2.24) is 0 Å². The minimum absolute atomic E-state index is 0.0558. The first-order valence-electron chi connectivity index (χ1n) is 9.39. The Balaban J connectivity index is 1.83. The minimum atomic E-state index is -0.526. The summed E-state index contributed by atoms with van der Waals surface area (Å²) in [6.07, 6.45) is 7.66. The van der Waals surface area contributed by atoms with E-state index in [2.05, 4.69) is 0 Å². The van der Waals surface area contributed by atoms with Gasteiger partial charge in [-0.15, -0.1) is 0 Å². The van der Waals surface area contributed by atoms with Gasteiger partial charge in [0.15, 0.2) is 6.29 Å². The first kappa shape index (κ1) is 20.5. The number of carbonyl (C=O) groups excluding carboxylic acids is 1. The summed E-state index contributed by atoms with van der Waals surface area (Å²) in [5, 5.41) is 0. The molecule has 5 nitrogen and oxygen atoms in total. The monoisotopic (exact) mass is 361 g/mol. The second-order valence-electron chi connectivity index (χ2n) is 7.35. The molecule has 1 unspecified atom stereocenters. The SMILES string of the molecule is CC(C)(C)OC(=O)N(C/C=C/CCOC1CCCCO1)c1ccccc1. The zero-order valence-electron chi connectivity index (χ0n) is 16.1. The fraction of sp³-hybridized carbons (Fsp3) is 0.571. The topological polar surface area (TPSA) is 48.0 Å². The Kier molecular flexibility index (Phi) is 8.13. The Labute approximate surface area is 156 Å². The quantitative estimate of drug-likeness (QED) is 0.511. The molecule has 1 aliphatic heterocycles. The summed E-state index contributed by atoms with van der Waals surface area (Å²) in [6, 6.07) is 9.56. The number of carbonyl (C=O) groups is 1. The molecule has 1 amide bonds. The van der Waals surface area contributed by atoms with Gasteiger partial charge in [-0.05, 0) is 58.6 Å². The Morgan fingerprint density at radius 2 is 2.00 bits per heavy atom. The van der Waals surface area contributed by atoms with Crippen LogP contribution in [0.1, 0.15) is 46.5 Å². The molecule has 1 heterocycles. The van der Waals surface area contributed by atoms with Crippen LogP contribution in [0.3, 0.4) is 0 Å². The number of hydrogen-bond acceptors (Lipinski definition) is 4. The van der Waals surface area contributed by atoms with Crippen molar-refractivity contribution >= 4 is 11.8 Å². The zero-order valence-corrected chi connectivity index (χ0v) is 16.1. The fourth-order valence-electron chi connectivity index (χ4n) is 2.62. The normalized spacial score (nSPS) is 18.0. The number of rotatable bonds is 7. The van der Waals surface area contributed by atoms with Crippen LogP contribution in [0.5, 0.6) is 0 Å². The molecule has 1 aromatic rings. The van der Waals surface area contributed by atoms with Gasteiger partial charge in [-0.2, -0.15) is 0 Å². The number of amides is 1. The maximum absolute atomic E-state index is 12.5. The Morgan fingerprint density at radius 1 is 1.23 bits per heavy atom. The van der Waals surface area contributed by atoms with Gasteiger partial charge in [-0.25, -0.2) is 4.79 Å². The summed E-state index contributed by atoms with van der Waals surface area (Å²) in [7, 11) is 0. The van der Waals surface area contributed by atoms with Crippen molar-refractivity contribution in [3.8, 4) is 0 Å². The number of para-hydroxylation sites is 1. The number of anilines is 1. The van der Waals surface area contributed by atoms with Gasteiger partial charge in [0, 0.05) is 18.8 Å². The van der Waals surface area contributed by atoms with Crippen LogP contribution in [-0.4, -0.2) is 37.7 Å². The molecule has 0 saturated carbocycles. The second-order valence-corrected chi connectivity index (χ2v) is 7.35. The molecule has 144 valence electrons. The highest BCUT2D eigenvalue weighted by atomic mass is 16.7. The van der Waals surface area contributed by atoms with Gasteiger partial charge >= 0.3 is 6.09 Å². The molecule has 0 radical (unpaired) electrons. The average molecular weight is 361 g/mol. The molecule has 5 heteroatoms. The van der Waals surface area contributed by atoms with Crippen LogP contribution in [0.4, 0.5) is 10.5 Å². The predicted molar refractivity (Wildman–Crippen MR) is 103 cm³/mol. The van der Waals surface area contributed by atoms with E-state index in [-0.39, 0.29) is 12.4 Å². The van der Waals surface area contributed by atoms with Gasteiger partial charge in [0.1, 0.15) is 5.60 Å². The summed E-state index contributed by atoms with van der Waals surface area (Å²) >= 11 is 0. The molecule has 1 aromatic carbocycles. The van der Waals surface area contributed by atoms with E-state index in [9.17, 15) is 4.79 Å². The largest absolute Gasteiger partial charge is 0.443 e. The molecule has 0 spiro atoms. The van der Waals surface area contributed by atoms with E-state index in [1.54, 1.807) is 4.90 Å². The molecular weight excluding hydrogens is 330 g/mol. The number of nitrogens with zero attached hydrogens (tertiary/aromatic N) is 1. The second kappa shape index (κ2) is 10.3. The summed E-state index contributed by atoms with van der Waals surface area (Å²) in [5.74, 6) is 0. The molecule has 0 bridgehead atoms.